The van der Waals surface area contributed by atoms with Gasteiger partial charge in [-0.05, 0) is 12.8 Å². The normalized spacial score (nSPS) is 11.7. The molecule has 0 atom stereocenters. The second-order valence-electron chi connectivity index (χ2n) is 2.69. The maximum absolute atomic E-state index is 10.4. The average Bonchev–Trinajstić information content (AvgIpc) is 2.04. The number of rotatable bonds is 6. The predicted octanol–water partition coefficient (Wildman–Crippen LogP) is 1.57. The van der Waals surface area contributed by atoms with E-state index in [1.807, 2.05) is 0 Å². The Labute approximate surface area is 72.7 Å². The van der Waals surface area contributed by atoms with Crippen molar-refractivity contribution in [2.75, 3.05) is 6.61 Å². The minimum Gasteiger partial charge on any atom is -0.478 e. The van der Waals surface area contributed by atoms with Gasteiger partial charge in [0.1, 0.15) is 0 Å². The standard InChI is InChI=1S/C9H16O3/c1-2-3-4-5-6-8(7-10)9(11)12/h6,10H,2-5,7H2,1H3,(H,11,12)/b8-6-. The lowest BCUT2D eigenvalue weighted by atomic mass is 10.1. The smallest absolute Gasteiger partial charge is 0.333 e. The summed E-state index contributed by atoms with van der Waals surface area (Å²) in [5.41, 5.74) is 0.103. The van der Waals surface area contributed by atoms with Crippen LogP contribution in [0.2, 0.25) is 0 Å². The van der Waals surface area contributed by atoms with E-state index in [9.17, 15) is 4.79 Å². The molecule has 0 unspecified atom stereocenters. The van der Waals surface area contributed by atoms with E-state index in [1.54, 1.807) is 6.08 Å². The van der Waals surface area contributed by atoms with Crippen molar-refractivity contribution in [3.8, 4) is 0 Å². The highest BCUT2D eigenvalue weighted by atomic mass is 16.4. The topological polar surface area (TPSA) is 57.5 Å². The molecule has 70 valence electrons. The molecule has 0 rings (SSSR count). The highest BCUT2D eigenvalue weighted by molar-refractivity contribution is 5.86. The van der Waals surface area contributed by atoms with E-state index < -0.39 is 5.97 Å². The van der Waals surface area contributed by atoms with Gasteiger partial charge >= 0.3 is 5.97 Å². The van der Waals surface area contributed by atoms with Crippen LogP contribution in [0.1, 0.15) is 32.6 Å². The van der Waals surface area contributed by atoms with Crippen molar-refractivity contribution in [2.45, 2.75) is 32.6 Å². The fourth-order valence-corrected chi connectivity index (χ4v) is 0.890. The Bertz CT molecular complexity index is 161. The van der Waals surface area contributed by atoms with Crippen LogP contribution < -0.4 is 0 Å². The monoisotopic (exact) mass is 172 g/mol. The molecular formula is C9H16O3. The second-order valence-corrected chi connectivity index (χ2v) is 2.69. The number of hydrogen-bond donors (Lipinski definition) is 2. The van der Waals surface area contributed by atoms with Crippen molar-refractivity contribution in [3.63, 3.8) is 0 Å². The fraction of sp³-hybridized carbons (Fsp3) is 0.667. The van der Waals surface area contributed by atoms with Gasteiger partial charge in [0.25, 0.3) is 0 Å². The van der Waals surface area contributed by atoms with Crippen LogP contribution in [0.5, 0.6) is 0 Å². The van der Waals surface area contributed by atoms with Crippen molar-refractivity contribution < 1.29 is 15.0 Å². The van der Waals surface area contributed by atoms with Gasteiger partial charge in [-0.1, -0.05) is 25.8 Å². The van der Waals surface area contributed by atoms with E-state index in [0.717, 1.165) is 25.7 Å². The van der Waals surface area contributed by atoms with Crippen LogP contribution in [0, 0.1) is 0 Å². The maximum atomic E-state index is 10.4. The lowest BCUT2D eigenvalue weighted by Gasteiger charge is -1.96. The van der Waals surface area contributed by atoms with Gasteiger partial charge in [-0.2, -0.15) is 0 Å². The zero-order chi connectivity index (χ0) is 9.40. The van der Waals surface area contributed by atoms with Gasteiger partial charge in [0, 0.05) is 0 Å². The van der Waals surface area contributed by atoms with Crippen LogP contribution in [-0.4, -0.2) is 22.8 Å². The lowest BCUT2D eigenvalue weighted by molar-refractivity contribution is -0.133. The first-order valence-corrected chi connectivity index (χ1v) is 4.25. The number of aliphatic carboxylic acids is 1. The molecule has 0 aromatic heterocycles. The summed E-state index contributed by atoms with van der Waals surface area (Å²) in [6, 6.07) is 0. The molecule has 2 N–H and O–H groups in total. The highest BCUT2D eigenvalue weighted by Crippen LogP contribution is 2.03. The number of aliphatic hydroxyl groups excluding tert-OH is 1. The third kappa shape index (κ3) is 4.91. The van der Waals surface area contributed by atoms with E-state index in [2.05, 4.69) is 6.92 Å². The summed E-state index contributed by atoms with van der Waals surface area (Å²) >= 11 is 0. The molecule has 0 aliphatic heterocycles. The van der Waals surface area contributed by atoms with Crippen LogP contribution >= 0.6 is 0 Å². The summed E-state index contributed by atoms with van der Waals surface area (Å²) in [4.78, 5) is 10.4. The van der Waals surface area contributed by atoms with Gasteiger partial charge in [-0.25, -0.2) is 4.79 Å². The quantitative estimate of drug-likeness (QED) is 0.472. The summed E-state index contributed by atoms with van der Waals surface area (Å²) in [5.74, 6) is -1.02. The molecule has 12 heavy (non-hydrogen) atoms. The average molecular weight is 172 g/mol. The van der Waals surface area contributed by atoms with E-state index in [1.165, 1.54) is 0 Å². The number of carboxylic acids is 1. The number of aliphatic hydroxyl groups is 1. The van der Waals surface area contributed by atoms with Crippen LogP contribution in [0.4, 0.5) is 0 Å². The summed E-state index contributed by atoms with van der Waals surface area (Å²) in [7, 11) is 0. The fourth-order valence-electron chi connectivity index (χ4n) is 0.890. The Morgan fingerprint density at radius 1 is 1.42 bits per heavy atom. The van der Waals surface area contributed by atoms with E-state index >= 15 is 0 Å². The molecule has 0 amide bonds. The molecule has 0 aromatic carbocycles. The minimum atomic E-state index is -1.02. The van der Waals surface area contributed by atoms with Crippen LogP contribution in [-0.2, 0) is 4.79 Å². The van der Waals surface area contributed by atoms with E-state index in [0.29, 0.717) is 0 Å². The Kier molecular flexibility index (Phi) is 6.38. The highest BCUT2D eigenvalue weighted by Gasteiger charge is 2.03. The van der Waals surface area contributed by atoms with Gasteiger partial charge in [-0.15, -0.1) is 0 Å². The lowest BCUT2D eigenvalue weighted by Crippen LogP contribution is -2.04. The molecule has 0 spiro atoms. The number of allylic oxidation sites excluding steroid dienone is 1. The second kappa shape index (κ2) is 6.85. The molecule has 3 heteroatoms. The van der Waals surface area contributed by atoms with Crippen LogP contribution in [0.3, 0.4) is 0 Å². The molecule has 0 radical (unpaired) electrons. The molecule has 0 aromatic rings. The van der Waals surface area contributed by atoms with Crippen LogP contribution in [0.15, 0.2) is 11.6 Å². The molecule has 0 aliphatic carbocycles. The third-order valence-corrected chi connectivity index (χ3v) is 1.64. The molecule has 0 bridgehead atoms. The number of hydrogen-bond acceptors (Lipinski definition) is 2. The maximum Gasteiger partial charge on any atom is 0.333 e. The zero-order valence-electron chi connectivity index (χ0n) is 7.42. The van der Waals surface area contributed by atoms with Gasteiger partial charge in [0.2, 0.25) is 0 Å². The summed E-state index contributed by atoms with van der Waals surface area (Å²) in [5, 5.41) is 17.1. The molecule has 0 saturated carbocycles. The summed E-state index contributed by atoms with van der Waals surface area (Å²) in [6.07, 6.45) is 5.56. The van der Waals surface area contributed by atoms with E-state index in [-0.39, 0.29) is 12.2 Å². The first-order valence-electron chi connectivity index (χ1n) is 4.25. The summed E-state index contributed by atoms with van der Waals surface area (Å²) < 4.78 is 0. The Balaban J connectivity index is 3.71. The molecule has 0 saturated heterocycles. The van der Waals surface area contributed by atoms with Crippen molar-refractivity contribution >= 4 is 5.97 Å². The Morgan fingerprint density at radius 2 is 2.08 bits per heavy atom. The third-order valence-electron chi connectivity index (χ3n) is 1.64. The predicted molar refractivity (Wildman–Crippen MR) is 46.9 cm³/mol. The molecule has 0 aliphatic rings. The van der Waals surface area contributed by atoms with E-state index in [4.69, 9.17) is 10.2 Å². The number of carboxylic acid groups (broad SMARTS) is 1. The van der Waals surface area contributed by atoms with Gasteiger partial charge in [0.15, 0.2) is 0 Å². The molecule has 3 nitrogen and oxygen atoms in total. The number of unbranched alkanes of at least 4 members (excludes halogenated alkanes) is 3. The molecular weight excluding hydrogens is 156 g/mol. The largest absolute Gasteiger partial charge is 0.478 e. The molecule has 0 heterocycles. The van der Waals surface area contributed by atoms with Crippen molar-refractivity contribution in [1.29, 1.82) is 0 Å². The first kappa shape index (κ1) is 11.2. The van der Waals surface area contributed by atoms with Crippen molar-refractivity contribution in [3.05, 3.63) is 11.6 Å². The van der Waals surface area contributed by atoms with Gasteiger partial charge in [0.05, 0.1) is 12.2 Å². The van der Waals surface area contributed by atoms with Gasteiger partial charge < -0.3 is 10.2 Å². The van der Waals surface area contributed by atoms with Crippen LogP contribution in [0.25, 0.3) is 0 Å². The minimum absolute atomic E-state index is 0.103. The van der Waals surface area contributed by atoms with Crippen molar-refractivity contribution in [1.82, 2.24) is 0 Å². The zero-order valence-corrected chi connectivity index (χ0v) is 7.42. The van der Waals surface area contributed by atoms with Crippen molar-refractivity contribution in [2.24, 2.45) is 0 Å². The first-order chi connectivity index (χ1) is 5.72. The Hall–Kier alpha value is -0.830. The SMILES string of the molecule is CCCCC/C=C(/CO)C(=O)O. The van der Waals surface area contributed by atoms with Gasteiger partial charge in [-0.3, -0.25) is 0 Å². The summed E-state index contributed by atoms with van der Waals surface area (Å²) in [6.45, 7) is 1.72. The molecule has 0 fully saturated rings. The number of carbonyl (C=O) groups is 1. The Morgan fingerprint density at radius 3 is 2.50 bits per heavy atom.